The van der Waals surface area contributed by atoms with Crippen LogP contribution in [0.3, 0.4) is 0 Å². The summed E-state index contributed by atoms with van der Waals surface area (Å²) < 4.78 is 5.52. The summed E-state index contributed by atoms with van der Waals surface area (Å²) in [5.41, 5.74) is 5.60. The number of nitrogens with one attached hydrogen (secondary N) is 1. The van der Waals surface area contributed by atoms with Gasteiger partial charge in [0.2, 0.25) is 0 Å². The molecule has 0 saturated heterocycles. The Morgan fingerprint density at radius 1 is 1.00 bits per heavy atom. The van der Waals surface area contributed by atoms with Crippen molar-refractivity contribution in [1.29, 1.82) is 0 Å². The van der Waals surface area contributed by atoms with Gasteiger partial charge in [-0.1, -0.05) is 83.9 Å². The lowest BCUT2D eigenvalue weighted by Gasteiger charge is -2.14. The number of carbonyl (C=O) groups is 1. The SMILES string of the molecule is O=C(NCCC=Cc1ccc(Cl)nc1Cl)OCC1c2ccccc2-c2ccccc21. The van der Waals surface area contributed by atoms with E-state index in [2.05, 4.69) is 34.6 Å². The Labute approximate surface area is 185 Å². The highest BCUT2D eigenvalue weighted by Crippen LogP contribution is 2.44. The van der Waals surface area contributed by atoms with Crippen LogP contribution in [0.25, 0.3) is 17.2 Å². The van der Waals surface area contributed by atoms with Crippen LogP contribution < -0.4 is 5.32 Å². The van der Waals surface area contributed by atoms with Gasteiger partial charge in [-0.2, -0.15) is 0 Å². The molecule has 0 atom stereocenters. The second-order valence-electron chi connectivity index (χ2n) is 6.96. The van der Waals surface area contributed by atoms with Crippen LogP contribution in [-0.4, -0.2) is 24.2 Å². The number of aromatic nitrogens is 1. The number of amides is 1. The van der Waals surface area contributed by atoms with Gasteiger partial charge < -0.3 is 10.1 Å². The smallest absolute Gasteiger partial charge is 0.407 e. The normalized spacial score (nSPS) is 12.6. The van der Waals surface area contributed by atoms with Crippen molar-refractivity contribution in [2.45, 2.75) is 12.3 Å². The maximum Gasteiger partial charge on any atom is 0.407 e. The summed E-state index contributed by atoms with van der Waals surface area (Å²) in [7, 11) is 0. The lowest BCUT2D eigenvalue weighted by atomic mass is 9.98. The summed E-state index contributed by atoms with van der Waals surface area (Å²) in [5.74, 6) is 0.0580. The van der Waals surface area contributed by atoms with Crippen molar-refractivity contribution in [3.8, 4) is 11.1 Å². The first-order valence-electron chi connectivity index (χ1n) is 9.71. The molecular formula is C24H20Cl2N2O2. The number of pyridine rings is 1. The molecule has 0 radical (unpaired) electrons. The average molecular weight is 439 g/mol. The average Bonchev–Trinajstić information content (AvgIpc) is 3.07. The molecule has 0 fully saturated rings. The zero-order valence-corrected chi connectivity index (χ0v) is 17.7. The maximum absolute atomic E-state index is 12.1. The minimum atomic E-state index is -0.420. The Kier molecular flexibility index (Phi) is 6.36. The van der Waals surface area contributed by atoms with E-state index in [1.807, 2.05) is 36.4 Å². The van der Waals surface area contributed by atoms with Gasteiger partial charge in [0, 0.05) is 18.0 Å². The molecule has 0 bridgehead atoms. The van der Waals surface area contributed by atoms with Gasteiger partial charge >= 0.3 is 6.09 Å². The van der Waals surface area contributed by atoms with E-state index in [1.54, 1.807) is 12.1 Å². The molecule has 1 heterocycles. The molecule has 4 rings (SSSR count). The number of fused-ring (bicyclic) bond motifs is 3. The molecule has 1 aliphatic rings. The summed E-state index contributed by atoms with van der Waals surface area (Å²) in [6.45, 7) is 0.771. The van der Waals surface area contributed by atoms with Crippen molar-refractivity contribution in [3.05, 3.63) is 93.7 Å². The molecule has 1 amide bonds. The van der Waals surface area contributed by atoms with E-state index in [0.717, 1.165) is 5.56 Å². The number of halogens is 2. The monoisotopic (exact) mass is 438 g/mol. The van der Waals surface area contributed by atoms with E-state index in [9.17, 15) is 4.79 Å². The van der Waals surface area contributed by atoms with Crippen molar-refractivity contribution in [2.24, 2.45) is 0 Å². The van der Waals surface area contributed by atoms with Gasteiger partial charge in [-0.3, -0.25) is 0 Å². The standard InChI is InChI=1S/C24H20Cl2N2O2/c25-22-13-12-16(23(26)28-22)7-5-6-14-27-24(29)30-15-21-19-10-3-1-8-17(19)18-9-2-4-11-20(18)21/h1-5,7-13,21H,6,14-15H2,(H,27,29). The molecule has 1 N–H and O–H groups in total. The van der Waals surface area contributed by atoms with Crippen LogP contribution in [0.4, 0.5) is 4.79 Å². The molecular weight excluding hydrogens is 419 g/mol. The maximum atomic E-state index is 12.1. The quantitative estimate of drug-likeness (QED) is 0.361. The van der Waals surface area contributed by atoms with E-state index >= 15 is 0 Å². The lowest BCUT2D eigenvalue weighted by molar-refractivity contribution is 0.143. The van der Waals surface area contributed by atoms with E-state index < -0.39 is 6.09 Å². The zero-order valence-electron chi connectivity index (χ0n) is 16.1. The number of hydrogen-bond acceptors (Lipinski definition) is 3. The molecule has 0 saturated carbocycles. The van der Waals surface area contributed by atoms with Crippen molar-refractivity contribution >= 4 is 35.4 Å². The molecule has 4 nitrogen and oxygen atoms in total. The molecule has 0 aliphatic heterocycles. The van der Waals surface area contributed by atoms with E-state index in [1.165, 1.54) is 22.3 Å². The third kappa shape index (κ3) is 4.50. The number of hydrogen-bond donors (Lipinski definition) is 1. The molecule has 3 aromatic rings. The second-order valence-corrected chi connectivity index (χ2v) is 7.70. The van der Waals surface area contributed by atoms with E-state index in [-0.39, 0.29) is 5.92 Å². The number of alkyl carbamates (subject to hydrolysis) is 1. The third-order valence-corrected chi connectivity index (χ3v) is 5.58. The fraction of sp³-hybridized carbons (Fsp3) is 0.167. The third-order valence-electron chi connectivity index (χ3n) is 5.07. The van der Waals surface area contributed by atoms with Gasteiger partial charge in [0.25, 0.3) is 0 Å². The second kappa shape index (κ2) is 9.33. The molecule has 0 unspecified atom stereocenters. The molecule has 2 aromatic carbocycles. The number of ether oxygens (including phenoxy) is 1. The number of nitrogens with zero attached hydrogens (tertiary/aromatic N) is 1. The van der Waals surface area contributed by atoms with E-state index in [0.29, 0.717) is 29.9 Å². The summed E-state index contributed by atoms with van der Waals surface area (Å²) in [5, 5.41) is 3.49. The van der Waals surface area contributed by atoms with Crippen LogP contribution in [-0.2, 0) is 4.74 Å². The summed E-state index contributed by atoms with van der Waals surface area (Å²) in [4.78, 5) is 16.1. The fourth-order valence-electron chi connectivity index (χ4n) is 3.66. The minimum Gasteiger partial charge on any atom is -0.449 e. The topological polar surface area (TPSA) is 51.2 Å². The predicted molar refractivity (Wildman–Crippen MR) is 121 cm³/mol. The Balaban J connectivity index is 1.28. The van der Waals surface area contributed by atoms with Crippen LogP contribution in [0.15, 0.2) is 66.7 Å². The first-order chi connectivity index (χ1) is 14.6. The predicted octanol–water partition coefficient (Wildman–Crippen LogP) is 6.33. The summed E-state index contributed by atoms with van der Waals surface area (Å²) in [6, 6.07) is 20.0. The molecule has 1 aromatic heterocycles. The van der Waals surface area contributed by atoms with Crippen molar-refractivity contribution in [3.63, 3.8) is 0 Å². The van der Waals surface area contributed by atoms with Crippen LogP contribution in [0.5, 0.6) is 0 Å². The summed E-state index contributed by atoms with van der Waals surface area (Å²) in [6.07, 6.45) is 3.99. The van der Waals surface area contributed by atoms with Gasteiger partial charge in [-0.05, 0) is 40.8 Å². The number of rotatable bonds is 6. The van der Waals surface area contributed by atoms with Crippen LogP contribution in [0.1, 0.15) is 29.0 Å². The zero-order chi connectivity index (χ0) is 20.9. The van der Waals surface area contributed by atoms with Crippen molar-refractivity contribution in [1.82, 2.24) is 10.3 Å². The Bertz CT molecular complexity index is 1050. The Hall–Kier alpha value is -2.82. The van der Waals surface area contributed by atoms with Crippen LogP contribution >= 0.6 is 23.2 Å². The van der Waals surface area contributed by atoms with Gasteiger partial charge in [0.1, 0.15) is 16.9 Å². The van der Waals surface area contributed by atoms with Gasteiger partial charge in [-0.25, -0.2) is 9.78 Å². The highest BCUT2D eigenvalue weighted by molar-refractivity contribution is 6.33. The number of benzene rings is 2. The highest BCUT2D eigenvalue weighted by atomic mass is 35.5. The van der Waals surface area contributed by atoms with Gasteiger partial charge in [0.15, 0.2) is 0 Å². The molecule has 6 heteroatoms. The molecule has 1 aliphatic carbocycles. The van der Waals surface area contributed by atoms with Crippen molar-refractivity contribution < 1.29 is 9.53 Å². The fourth-order valence-corrected chi connectivity index (χ4v) is 4.07. The largest absolute Gasteiger partial charge is 0.449 e. The summed E-state index contributed by atoms with van der Waals surface area (Å²) >= 11 is 11.8. The Morgan fingerprint density at radius 2 is 1.67 bits per heavy atom. The van der Waals surface area contributed by atoms with Crippen LogP contribution in [0, 0.1) is 0 Å². The molecule has 30 heavy (non-hydrogen) atoms. The highest BCUT2D eigenvalue weighted by Gasteiger charge is 2.28. The van der Waals surface area contributed by atoms with Crippen LogP contribution in [0.2, 0.25) is 10.3 Å². The number of carbonyl (C=O) groups excluding carboxylic acids is 1. The molecule has 152 valence electrons. The molecule has 0 spiro atoms. The lowest BCUT2D eigenvalue weighted by Crippen LogP contribution is -2.26. The minimum absolute atomic E-state index is 0.0580. The first kappa shape index (κ1) is 20.5. The van der Waals surface area contributed by atoms with E-state index in [4.69, 9.17) is 27.9 Å². The van der Waals surface area contributed by atoms with Crippen molar-refractivity contribution in [2.75, 3.05) is 13.2 Å². The van der Waals surface area contributed by atoms with Gasteiger partial charge in [-0.15, -0.1) is 0 Å². The Morgan fingerprint density at radius 3 is 2.33 bits per heavy atom. The first-order valence-corrected chi connectivity index (χ1v) is 10.5. The van der Waals surface area contributed by atoms with Gasteiger partial charge in [0.05, 0.1) is 0 Å².